The van der Waals surface area contributed by atoms with E-state index in [4.69, 9.17) is 0 Å². The minimum absolute atomic E-state index is 0.0293. The summed E-state index contributed by atoms with van der Waals surface area (Å²) in [6.07, 6.45) is 0. The van der Waals surface area contributed by atoms with Crippen molar-refractivity contribution in [2.75, 3.05) is 18.4 Å². The number of benzene rings is 1. The number of nitro benzene ring substituents is 1. The third-order valence-electron chi connectivity index (χ3n) is 2.05. The molecule has 0 spiro atoms. The molecule has 0 aliphatic heterocycles. The Hall–Kier alpha value is -1.70. The van der Waals surface area contributed by atoms with Gasteiger partial charge in [0.05, 0.1) is 9.40 Å². The van der Waals surface area contributed by atoms with Crippen LogP contribution < -0.4 is 10.6 Å². The average Bonchev–Trinajstić information content (AvgIpc) is 2.28. The lowest BCUT2D eigenvalue weighted by Crippen LogP contribution is -2.26. The van der Waals surface area contributed by atoms with E-state index in [-0.39, 0.29) is 28.3 Å². The molecule has 98 valence electrons. The van der Waals surface area contributed by atoms with E-state index in [2.05, 4.69) is 26.6 Å². The smallest absolute Gasteiger partial charge is 0.293 e. The maximum atomic E-state index is 13.3. The van der Waals surface area contributed by atoms with E-state index >= 15 is 0 Å². The van der Waals surface area contributed by atoms with Crippen LogP contribution in [0.1, 0.15) is 6.92 Å². The van der Waals surface area contributed by atoms with Crippen LogP contribution in [0.2, 0.25) is 0 Å². The van der Waals surface area contributed by atoms with Gasteiger partial charge in [0.15, 0.2) is 0 Å². The van der Waals surface area contributed by atoms with Gasteiger partial charge in [-0.2, -0.15) is 0 Å². The molecule has 0 unspecified atom stereocenters. The predicted octanol–water partition coefficient (Wildman–Crippen LogP) is 2.04. The van der Waals surface area contributed by atoms with Crippen LogP contribution >= 0.6 is 15.9 Å². The molecule has 1 aromatic rings. The van der Waals surface area contributed by atoms with Crippen molar-refractivity contribution in [3.05, 3.63) is 32.5 Å². The van der Waals surface area contributed by atoms with Gasteiger partial charge in [-0.3, -0.25) is 14.9 Å². The maximum absolute atomic E-state index is 13.3. The van der Waals surface area contributed by atoms with Crippen molar-refractivity contribution in [3.63, 3.8) is 0 Å². The van der Waals surface area contributed by atoms with Crippen molar-refractivity contribution in [2.45, 2.75) is 6.92 Å². The first-order valence-electron chi connectivity index (χ1n) is 5.03. The van der Waals surface area contributed by atoms with E-state index in [9.17, 15) is 19.3 Å². The van der Waals surface area contributed by atoms with E-state index in [0.29, 0.717) is 6.54 Å². The summed E-state index contributed by atoms with van der Waals surface area (Å²) in [6.45, 7) is 1.92. The highest BCUT2D eigenvalue weighted by Gasteiger charge is 2.17. The number of hydrogen-bond acceptors (Lipinski definition) is 4. The summed E-state index contributed by atoms with van der Waals surface area (Å²) in [5, 5.41) is 16.0. The van der Waals surface area contributed by atoms with Crippen LogP contribution in [-0.4, -0.2) is 23.9 Å². The second-order valence-corrected chi connectivity index (χ2v) is 4.30. The van der Waals surface area contributed by atoms with Gasteiger partial charge >= 0.3 is 0 Å². The fraction of sp³-hybridized carbons (Fsp3) is 0.300. The van der Waals surface area contributed by atoms with Gasteiger partial charge in [-0.05, 0) is 15.9 Å². The SMILES string of the molecule is CC(=O)NCCNc1cc(F)c(Br)cc1[N+](=O)[O-]. The van der Waals surface area contributed by atoms with Crippen LogP contribution in [0.5, 0.6) is 0 Å². The van der Waals surface area contributed by atoms with Crippen molar-refractivity contribution < 1.29 is 14.1 Å². The van der Waals surface area contributed by atoms with Crippen LogP contribution in [0.15, 0.2) is 16.6 Å². The molecule has 1 amide bonds. The average molecular weight is 320 g/mol. The third kappa shape index (κ3) is 3.95. The minimum Gasteiger partial charge on any atom is -0.378 e. The molecular formula is C10H11BrFN3O3. The van der Waals surface area contributed by atoms with Crippen LogP contribution in [-0.2, 0) is 4.79 Å². The lowest BCUT2D eigenvalue weighted by molar-refractivity contribution is -0.384. The van der Waals surface area contributed by atoms with E-state index in [1.165, 1.54) is 6.92 Å². The molecule has 0 heterocycles. The third-order valence-corrected chi connectivity index (χ3v) is 2.66. The van der Waals surface area contributed by atoms with E-state index in [1.54, 1.807) is 0 Å². The number of carbonyl (C=O) groups excluding carboxylic acids is 1. The monoisotopic (exact) mass is 319 g/mol. The number of hydrogen-bond donors (Lipinski definition) is 2. The molecule has 18 heavy (non-hydrogen) atoms. The predicted molar refractivity (Wildman–Crippen MR) is 67.9 cm³/mol. The number of amides is 1. The van der Waals surface area contributed by atoms with Gasteiger partial charge in [-0.25, -0.2) is 4.39 Å². The lowest BCUT2D eigenvalue weighted by Gasteiger charge is -2.08. The van der Waals surface area contributed by atoms with E-state index in [0.717, 1.165) is 12.1 Å². The second kappa shape index (κ2) is 6.29. The maximum Gasteiger partial charge on any atom is 0.293 e. The summed E-state index contributed by atoms with van der Waals surface area (Å²) in [6, 6.07) is 2.13. The molecule has 0 saturated carbocycles. The Morgan fingerprint density at radius 3 is 2.72 bits per heavy atom. The van der Waals surface area contributed by atoms with Crippen LogP contribution in [0.4, 0.5) is 15.8 Å². The zero-order valence-electron chi connectivity index (χ0n) is 9.50. The van der Waals surface area contributed by atoms with Crippen molar-refractivity contribution in [1.82, 2.24) is 5.32 Å². The molecule has 0 aromatic heterocycles. The molecule has 0 fully saturated rings. The first kappa shape index (κ1) is 14.4. The van der Waals surface area contributed by atoms with Crippen molar-refractivity contribution >= 4 is 33.2 Å². The molecule has 0 bridgehead atoms. The second-order valence-electron chi connectivity index (χ2n) is 3.45. The fourth-order valence-corrected chi connectivity index (χ4v) is 1.60. The van der Waals surface area contributed by atoms with E-state index < -0.39 is 10.7 Å². The Morgan fingerprint density at radius 1 is 1.50 bits per heavy atom. The molecular weight excluding hydrogens is 309 g/mol. The summed E-state index contributed by atoms with van der Waals surface area (Å²) in [5.74, 6) is -0.795. The van der Waals surface area contributed by atoms with Crippen molar-refractivity contribution in [2.24, 2.45) is 0 Å². The van der Waals surface area contributed by atoms with Gasteiger partial charge in [-0.15, -0.1) is 0 Å². The zero-order chi connectivity index (χ0) is 13.7. The van der Waals surface area contributed by atoms with Crippen molar-refractivity contribution in [1.29, 1.82) is 0 Å². The first-order valence-corrected chi connectivity index (χ1v) is 5.83. The molecule has 0 aliphatic carbocycles. The highest BCUT2D eigenvalue weighted by Crippen LogP contribution is 2.30. The summed E-state index contributed by atoms with van der Waals surface area (Å²) < 4.78 is 13.3. The Labute approximate surface area is 111 Å². The molecule has 1 rings (SSSR count). The fourth-order valence-electron chi connectivity index (χ4n) is 1.26. The summed E-state index contributed by atoms with van der Waals surface area (Å²) in [7, 11) is 0. The molecule has 1 aromatic carbocycles. The van der Waals surface area contributed by atoms with Gasteiger partial charge in [-0.1, -0.05) is 0 Å². The van der Waals surface area contributed by atoms with Gasteiger partial charge in [0.2, 0.25) is 5.91 Å². The molecule has 0 aliphatic rings. The molecule has 0 atom stereocenters. The first-order chi connectivity index (χ1) is 8.41. The Balaban J connectivity index is 2.77. The Bertz CT molecular complexity index is 482. The number of nitrogens with zero attached hydrogens (tertiary/aromatic N) is 1. The summed E-state index contributed by atoms with van der Waals surface area (Å²) in [5.41, 5.74) is -0.155. The number of anilines is 1. The van der Waals surface area contributed by atoms with E-state index in [1.807, 2.05) is 0 Å². The molecule has 0 radical (unpaired) electrons. The number of nitro groups is 1. The minimum atomic E-state index is -0.606. The van der Waals surface area contributed by atoms with Gasteiger partial charge < -0.3 is 10.6 Å². The Kier molecular flexibility index (Phi) is 5.02. The van der Waals surface area contributed by atoms with Gasteiger partial charge in [0.1, 0.15) is 11.5 Å². The highest BCUT2D eigenvalue weighted by molar-refractivity contribution is 9.10. The molecule has 2 N–H and O–H groups in total. The number of halogens is 2. The van der Waals surface area contributed by atoms with Gasteiger partial charge in [0.25, 0.3) is 5.69 Å². The topological polar surface area (TPSA) is 84.3 Å². The normalized spacial score (nSPS) is 9.94. The highest BCUT2D eigenvalue weighted by atomic mass is 79.9. The molecule has 0 saturated heterocycles. The quantitative estimate of drug-likeness (QED) is 0.494. The zero-order valence-corrected chi connectivity index (χ0v) is 11.1. The summed E-state index contributed by atoms with van der Waals surface area (Å²) in [4.78, 5) is 20.8. The largest absolute Gasteiger partial charge is 0.378 e. The Morgan fingerprint density at radius 2 is 2.17 bits per heavy atom. The molecule has 8 heteroatoms. The number of carbonyl (C=O) groups is 1. The van der Waals surface area contributed by atoms with Gasteiger partial charge in [0, 0.05) is 32.1 Å². The summed E-state index contributed by atoms with van der Waals surface area (Å²) >= 11 is 2.89. The molecule has 6 nitrogen and oxygen atoms in total. The number of rotatable bonds is 5. The standard InChI is InChI=1S/C10H11BrFN3O3/c1-6(16)13-2-3-14-9-5-8(12)7(11)4-10(9)15(17)18/h4-5,14H,2-3H2,1H3,(H,13,16). The van der Waals surface area contributed by atoms with Crippen LogP contribution in [0.3, 0.4) is 0 Å². The lowest BCUT2D eigenvalue weighted by atomic mass is 10.2. The van der Waals surface area contributed by atoms with Crippen molar-refractivity contribution in [3.8, 4) is 0 Å². The van der Waals surface area contributed by atoms with Crippen LogP contribution in [0.25, 0.3) is 0 Å². The van der Waals surface area contributed by atoms with Crippen LogP contribution in [0, 0.1) is 15.9 Å². The number of nitrogens with one attached hydrogen (secondary N) is 2.